The predicted octanol–water partition coefficient (Wildman–Crippen LogP) is 4.50. The zero-order valence-electron chi connectivity index (χ0n) is 16.8. The number of nitrogens with one attached hydrogen (secondary N) is 1. The first-order valence-corrected chi connectivity index (χ1v) is 10.7. The largest absolute Gasteiger partial charge is 0.385 e. The highest BCUT2D eigenvalue weighted by Crippen LogP contribution is 2.39. The number of aryl methyl sites for hydroxylation is 2. The molecule has 0 saturated heterocycles. The Kier molecular flexibility index (Phi) is 5.55. The van der Waals surface area contributed by atoms with Gasteiger partial charge in [0.25, 0.3) is 0 Å². The van der Waals surface area contributed by atoms with Gasteiger partial charge in [-0.15, -0.1) is 11.3 Å². The average molecular weight is 398 g/mol. The van der Waals surface area contributed by atoms with E-state index in [1.54, 1.807) is 25.7 Å². The van der Waals surface area contributed by atoms with Crippen molar-refractivity contribution < 1.29 is 4.74 Å². The minimum Gasteiger partial charge on any atom is -0.385 e. The van der Waals surface area contributed by atoms with Gasteiger partial charge in [-0.1, -0.05) is 13.8 Å². The van der Waals surface area contributed by atoms with Crippen LogP contribution in [0.5, 0.6) is 0 Å². The first kappa shape index (κ1) is 19.2. The summed E-state index contributed by atoms with van der Waals surface area (Å²) in [4.78, 5) is 20.8. The van der Waals surface area contributed by atoms with Gasteiger partial charge >= 0.3 is 0 Å². The van der Waals surface area contributed by atoms with Gasteiger partial charge in [-0.25, -0.2) is 15.0 Å². The molecule has 3 aromatic heterocycles. The summed E-state index contributed by atoms with van der Waals surface area (Å²) in [5.74, 6) is 1.56. The molecule has 1 aliphatic rings. The number of methoxy groups -OCH3 is 1. The molecule has 0 amide bonds. The summed E-state index contributed by atoms with van der Waals surface area (Å²) in [5, 5.41) is 4.84. The van der Waals surface area contributed by atoms with Gasteiger partial charge in [0, 0.05) is 37.5 Å². The van der Waals surface area contributed by atoms with Crippen molar-refractivity contribution in [2.75, 3.05) is 25.6 Å². The number of fused-ring (bicyclic) bond motifs is 3. The van der Waals surface area contributed by atoms with Gasteiger partial charge in [0.15, 0.2) is 5.82 Å². The molecule has 1 N–H and O–H groups in total. The molecule has 0 aliphatic heterocycles. The molecule has 6 nitrogen and oxygen atoms in total. The van der Waals surface area contributed by atoms with E-state index in [1.807, 2.05) is 11.3 Å². The van der Waals surface area contributed by atoms with Crippen LogP contribution in [0.15, 0.2) is 18.6 Å². The lowest BCUT2D eigenvalue weighted by Crippen LogP contribution is -2.25. The first-order chi connectivity index (χ1) is 13.6. The molecule has 0 radical (unpaired) electrons. The summed E-state index contributed by atoms with van der Waals surface area (Å²) >= 11 is 1.81. The molecule has 3 aromatic rings. The molecule has 148 valence electrons. The van der Waals surface area contributed by atoms with Crippen LogP contribution in [-0.2, 0) is 17.6 Å². The average Bonchev–Trinajstić information content (AvgIpc) is 3.10. The van der Waals surface area contributed by atoms with E-state index < -0.39 is 0 Å². The fraction of sp³-hybridized carbons (Fsp3) is 0.524. The Morgan fingerprint density at radius 2 is 2.04 bits per heavy atom. The molecule has 0 atom stereocenters. The van der Waals surface area contributed by atoms with Gasteiger partial charge in [-0.2, -0.15) is 0 Å². The summed E-state index contributed by atoms with van der Waals surface area (Å²) in [5.41, 5.74) is 2.25. The molecule has 3 heterocycles. The number of aromatic nitrogens is 4. The summed E-state index contributed by atoms with van der Waals surface area (Å²) in [6, 6.07) is 0. The zero-order valence-corrected chi connectivity index (χ0v) is 17.6. The van der Waals surface area contributed by atoms with Crippen LogP contribution in [0.4, 0.5) is 5.82 Å². The summed E-state index contributed by atoms with van der Waals surface area (Å²) in [6.07, 6.45) is 10.8. The second-order valence-corrected chi connectivity index (χ2v) is 9.22. The van der Waals surface area contributed by atoms with E-state index in [4.69, 9.17) is 14.7 Å². The van der Waals surface area contributed by atoms with Crippen molar-refractivity contribution in [3.8, 4) is 11.5 Å². The minimum atomic E-state index is 0.107. The topological polar surface area (TPSA) is 72.8 Å². The van der Waals surface area contributed by atoms with Crippen LogP contribution in [0, 0.1) is 5.41 Å². The van der Waals surface area contributed by atoms with Gasteiger partial charge in [-0.3, -0.25) is 4.98 Å². The van der Waals surface area contributed by atoms with Crippen molar-refractivity contribution in [3.63, 3.8) is 0 Å². The van der Waals surface area contributed by atoms with E-state index in [9.17, 15) is 0 Å². The molecule has 7 heteroatoms. The normalized spacial score (nSPS) is 14.2. The second kappa shape index (κ2) is 8.09. The van der Waals surface area contributed by atoms with Crippen LogP contribution in [0.3, 0.4) is 0 Å². The van der Waals surface area contributed by atoms with E-state index in [-0.39, 0.29) is 5.41 Å². The molecule has 4 rings (SSSR count). The van der Waals surface area contributed by atoms with Crippen LogP contribution in [0.1, 0.15) is 43.6 Å². The van der Waals surface area contributed by atoms with E-state index in [0.29, 0.717) is 11.5 Å². The molecular formula is C21H27N5OS. The minimum absolute atomic E-state index is 0.107. The highest BCUT2D eigenvalue weighted by atomic mass is 32.1. The van der Waals surface area contributed by atoms with Crippen molar-refractivity contribution in [3.05, 3.63) is 29.0 Å². The lowest BCUT2D eigenvalue weighted by Gasteiger charge is -2.25. The van der Waals surface area contributed by atoms with Crippen molar-refractivity contribution >= 4 is 27.4 Å². The number of thiophene rings is 1. The Morgan fingerprint density at radius 3 is 2.82 bits per heavy atom. The molecule has 0 fully saturated rings. The Labute approximate surface area is 169 Å². The van der Waals surface area contributed by atoms with Gasteiger partial charge in [0.2, 0.25) is 0 Å². The Morgan fingerprint density at radius 1 is 1.18 bits per heavy atom. The number of anilines is 1. The highest BCUT2D eigenvalue weighted by molar-refractivity contribution is 7.19. The standard InChI is InChI=1S/C21H27N5OS/c1-21(2,8-11-27-3)13-24-19-17-14-6-4-5-7-16(14)28-20(17)26-18(25-19)15-12-22-9-10-23-15/h9-10,12H,4-8,11,13H2,1-3H3,(H,24,25,26). The monoisotopic (exact) mass is 397 g/mol. The van der Waals surface area contributed by atoms with Crippen molar-refractivity contribution in [1.29, 1.82) is 0 Å². The molecule has 28 heavy (non-hydrogen) atoms. The number of ether oxygens (including phenoxy) is 1. The van der Waals surface area contributed by atoms with Gasteiger partial charge < -0.3 is 10.1 Å². The van der Waals surface area contributed by atoms with E-state index >= 15 is 0 Å². The van der Waals surface area contributed by atoms with Crippen LogP contribution in [0.2, 0.25) is 0 Å². The fourth-order valence-electron chi connectivity index (χ4n) is 3.60. The van der Waals surface area contributed by atoms with Gasteiger partial charge in [-0.05, 0) is 43.1 Å². The second-order valence-electron chi connectivity index (χ2n) is 8.14. The summed E-state index contributed by atoms with van der Waals surface area (Å²) in [7, 11) is 1.75. The summed E-state index contributed by atoms with van der Waals surface area (Å²) < 4.78 is 5.27. The SMILES string of the molecule is COCCC(C)(C)CNc1nc(-c2cnccn2)nc2sc3c(c12)CCCC3. The number of rotatable bonds is 7. The van der Waals surface area contributed by atoms with Crippen molar-refractivity contribution in [2.45, 2.75) is 46.0 Å². The smallest absolute Gasteiger partial charge is 0.183 e. The van der Waals surface area contributed by atoms with E-state index in [2.05, 4.69) is 29.1 Å². The maximum atomic E-state index is 5.27. The maximum absolute atomic E-state index is 5.27. The molecule has 0 spiro atoms. The first-order valence-electron chi connectivity index (χ1n) is 9.89. The fourth-order valence-corrected chi connectivity index (χ4v) is 4.87. The molecule has 0 saturated carbocycles. The predicted molar refractivity (Wildman–Crippen MR) is 114 cm³/mol. The lowest BCUT2D eigenvalue weighted by molar-refractivity contribution is 0.157. The molecule has 0 unspecified atom stereocenters. The summed E-state index contributed by atoms with van der Waals surface area (Å²) in [6.45, 7) is 6.09. The Hall–Kier alpha value is -2.12. The molecule has 0 aromatic carbocycles. The Balaban J connectivity index is 1.74. The third-order valence-electron chi connectivity index (χ3n) is 5.32. The van der Waals surface area contributed by atoms with Crippen molar-refractivity contribution in [1.82, 2.24) is 19.9 Å². The van der Waals surface area contributed by atoms with Gasteiger partial charge in [0.05, 0.1) is 11.6 Å². The van der Waals surface area contributed by atoms with Crippen LogP contribution in [-0.4, -0.2) is 40.2 Å². The maximum Gasteiger partial charge on any atom is 0.183 e. The molecule has 0 bridgehead atoms. The molecule has 1 aliphatic carbocycles. The third-order valence-corrected chi connectivity index (χ3v) is 6.51. The van der Waals surface area contributed by atoms with E-state index in [0.717, 1.165) is 43.1 Å². The van der Waals surface area contributed by atoms with Crippen LogP contribution in [0.25, 0.3) is 21.7 Å². The molecular weight excluding hydrogens is 370 g/mol. The quantitative estimate of drug-likeness (QED) is 0.633. The van der Waals surface area contributed by atoms with E-state index in [1.165, 1.54) is 28.7 Å². The van der Waals surface area contributed by atoms with Crippen LogP contribution < -0.4 is 5.32 Å². The van der Waals surface area contributed by atoms with Crippen molar-refractivity contribution in [2.24, 2.45) is 5.41 Å². The number of hydrogen-bond acceptors (Lipinski definition) is 7. The number of nitrogens with zero attached hydrogens (tertiary/aromatic N) is 4. The lowest BCUT2D eigenvalue weighted by atomic mass is 9.89. The third kappa shape index (κ3) is 4.00. The van der Waals surface area contributed by atoms with Gasteiger partial charge in [0.1, 0.15) is 16.3 Å². The highest BCUT2D eigenvalue weighted by Gasteiger charge is 2.24. The number of hydrogen-bond donors (Lipinski definition) is 1. The Bertz CT molecular complexity index is 954. The van der Waals surface area contributed by atoms with Crippen LogP contribution >= 0.6 is 11.3 Å². The zero-order chi connectivity index (χ0) is 19.6.